The highest BCUT2D eigenvalue weighted by atomic mass is 19.4. The molecular weight excluding hydrogens is 426 g/mol. The average Bonchev–Trinajstić information content (AvgIpc) is 2.97. The van der Waals surface area contributed by atoms with Crippen LogP contribution in [0.1, 0.15) is 47.2 Å². The van der Waals surface area contributed by atoms with E-state index < -0.39 is 35.0 Å². The number of aromatic nitrogens is 1. The lowest BCUT2D eigenvalue weighted by atomic mass is 9.97. The summed E-state index contributed by atoms with van der Waals surface area (Å²) in [5, 5.41) is 0. The van der Waals surface area contributed by atoms with E-state index in [2.05, 4.69) is 4.98 Å². The topological polar surface area (TPSA) is 42.4 Å². The van der Waals surface area contributed by atoms with Crippen LogP contribution < -0.4 is 4.74 Å². The summed E-state index contributed by atoms with van der Waals surface area (Å²) in [6, 6.07) is 3.80. The first kappa shape index (κ1) is 21.5. The van der Waals surface area contributed by atoms with Gasteiger partial charge in [0.25, 0.3) is 5.91 Å². The molecule has 166 valence electrons. The Morgan fingerprint density at radius 2 is 1.42 bits per heavy atom. The lowest BCUT2D eigenvalue weighted by Crippen LogP contribution is -2.49. The first-order chi connectivity index (χ1) is 14.5. The number of halogens is 6. The van der Waals surface area contributed by atoms with Crippen molar-refractivity contribution in [3.8, 4) is 5.75 Å². The number of amides is 1. The molecule has 2 bridgehead atoms. The molecule has 2 aliphatic rings. The smallest absolute Gasteiger partial charge is 0.416 e. The minimum Gasteiger partial charge on any atom is -0.490 e. The van der Waals surface area contributed by atoms with Crippen LogP contribution in [0.15, 0.2) is 42.7 Å². The van der Waals surface area contributed by atoms with E-state index in [4.69, 9.17) is 4.74 Å². The second-order valence-electron chi connectivity index (χ2n) is 7.79. The van der Waals surface area contributed by atoms with Crippen LogP contribution in [0, 0.1) is 0 Å². The van der Waals surface area contributed by atoms with Gasteiger partial charge in [-0.05, 0) is 43.2 Å². The molecule has 2 aliphatic heterocycles. The first-order valence-electron chi connectivity index (χ1n) is 9.71. The number of carbonyl (C=O) groups excluding carboxylic acids is 1. The normalized spacial score (nSPS) is 23.7. The third-order valence-electron chi connectivity index (χ3n) is 5.71. The highest BCUT2D eigenvalue weighted by Crippen LogP contribution is 2.40. The summed E-state index contributed by atoms with van der Waals surface area (Å²) in [6.07, 6.45) is -4.89. The van der Waals surface area contributed by atoms with E-state index in [9.17, 15) is 31.1 Å². The number of carbonyl (C=O) groups is 1. The van der Waals surface area contributed by atoms with Crippen molar-refractivity contribution < 1.29 is 35.9 Å². The van der Waals surface area contributed by atoms with Crippen molar-refractivity contribution in [2.24, 2.45) is 0 Å². The van der Waals surface area contributed by atoms with Gasteiger partial charge in [-0.15, -0.1) is 0 Å². The molecule has 3 heterocycles. The van der Waals surface area contributed by atoms with Crippen LogP contribution in [-0.4, -0.2) is 34.0 Å². The molecule has 1 aromatic carbocycles. The summed E-state index contributed by atoms with van der Waals surface area (Å²) in [5.41, 5.74) is -3.59. The van der Waals surface area contributed by atoms with Gasteiger partial charge in [-0.2, -0.15) is 26.3 Å². The lowest BCUT2D eigenvalue weighted by molar-refractivity contribution is -0.143. The minimum absolute atomic E-state index is 0.0280. The Morgan fingerprint density at radius 1 is 0.903 bits per heavy atom. The minimum atomic E-state index is -5.00. The van der Waals surface area contributed by atoms with E-state index in [0.717, 1.165) is 0 Å². The largest absolute Gasteiger partial charge is 0.490 e. The fourth-order valence-electron chi connectivity index (χ4n) is 4.39. The van der Waals surface area contributed by atoms with Crippen LogP contribution in [0.4, 0.5) is 26.3 Å². The Hall–Kier alpha value is -2.78. The van der Waals surface area contributed by atoms with Crippen molar-refractivity contribution in [2.45, 2.75) is 56.2 Å². The summed E-state index contributed by atoms with van der Waals surface area (Å²) in [6.45, 7) is 0. The van der Waals surface area contributed by atoms with E-state index >= 15 is 0 Å². The molecule has 2 aromatic rings. The molecular formula is C21H18F6N2O2. The van der Waals surface area contributed by atoms with Crippen molar-refractivity contribution in [2.75, 3.05) is 0 Å². The van der Waals surface area contributed by atoms with Gasteiger partial charge in [0.1, 0.15) is 11.9 Å². The molecule has 0 N–H and O–H groups in total. The maximum Gasteiger partial charge on any atom is 0.416 e. The third kappa shape index (κ3) is 4.47. The maximum absolute atomic E-state index is 13.2. The summed E-state index contributed by atoms with van der Waals surface area (Å²) < 4.78 is 84.8. The van der Waals surface area contributed by atoms with Gasteiger partial charge in [-0.25, -0.2) is 0 Å². The zero-order valence-electron chi connectivity index (χ0n) is 16.1. The van der Waals surface area contributed by atoms with Gasteiger partial charge in [0.15, 0.2) is 0 Å². The molecule has 0 aliphatic carbocycles. The van der Waals surface area contributed by atoms with E-state index in [1.54, 1.807) is 24.5 Å². The number of nitrogens with zero attached hydrogens (tertiary/aromatic N) is 2. The maximum atomic E-state index is 13.2. The predicted octanol–water partition coefficient (Wildman–Crippen LogP) is 5.33. The number of hydrogen-bond acceptors (Lipinski definition) is 3. The van der Waals surface area contributed by atoms with E-state index in [1.165, 1.54) is 4.90 Å². The number of alkyl halides is 6. The third-order valence-corrected chi connectivity index (χ3v) is 5.71. The number of piperidine rings is 1. The summed E-state index contributed by atoms with van der Waals surface area (Å²) >= 11 is 0. The number of fused-ring (bicyclic) bond motifs is 2. The number of benzene rings is 1. The first-order valence-corrected chi connectivity index (χ1v) is 9.71. The Kier molecular flexibility index (Phi) is 5.35. The molecule has 2 fully saturated rings. The summed E-state index contributed by atoms with van der Waals surface area (Å²) in [5.74, 6) is -0.196. The van der Waals surface area contributed by atoms with Crippen molar-refractivity contribution in [1.82, 2.24) is 9.88 Å². The summed E-state index contributed by atoms with van der Waals surface area (Å²) in [7, 11) is 0. The van der Waals surface area contributed by atoms with Crippen LogP contribution in [0.2, 0.25) is 0 Å². The Bertz CT molecular complexity index is 914. The Labute approximate surface area is 173 Å². The van der Waals surface area contributed by atoms with Crippen molar-refractivity contribution in [3.05, 3.63) is 59.4 Å². The fraction of sp³-hybridized carbons (Fsp3) is 0.429. The molecule has 0 saturated carbocycles. The van der Waals surface area contributed by atoms with E-state index in [-0.39, 0.29) is 24.3 Å². The highest BCUT2D eigenvalue weighted by Gasteiger charge is 2.45. The van der Waals surface area contributed by atoms with Crippen LogP contribution in [-0.2, 0) is 12.4 Å². The average molecular weight is 444 g/mol. The lowest BCUT2D eigenvalue weighted by Gasteiger charge is -2.39. The Balaban J connectivity index is 1.58. The molecule has 2 unspecified atom stereocenters. The standard InChI is InChI=1S/C21H18F6N2O2/c22-20(23,24)13-7-12(8-14(9-13)21(25,26)27)19(30)29-15-1-2-16(29)11-18(10-15)31-17-3-5-28-6-4-17/h3-9,15-16,18H,1-2,10-11H2. The van der Waals surface area contributed by atoms with E-state index in [0.29, 0.717) is 43.6 Å². The Morgan fingerprint density at radius 3 is 1.90 bits per heavy atom. The summed E-state index contributed by atoms with van der Waals surface area (Å²) in [4.78, 5) is 18.4. The zero-order chi connectivity index (χ0) is 22.4. The quantitative estimate of drug-likeness (QED) is 0.601. The van der Waals surface area contributed by atoms with Gasteiger partial charge in [-0.1, -0.05) is 0 Å². The molecule has 0 radical (unpaired) electrons. The molecule has 10 heteroatoms. The molecule has 2 atom stereocenters. The van der Waals surface area contributed by atoms with Crippen LogP contribution in [0.3, 0.4) is 0 Å². The van der Waals surface area contributed by atoms with Gasteiger partial charge >= 0.3 is 12.4 Å². The number of rotatable bonds is 3. The van der Waals surface area contributed by atoms with Crippen LogP contribution >= 0.6 is 0 Å². The fourth-order valence-corrected chi connectivity index (χ4v) is 4.39. The van der Waals surface area contributed by atoms with Crippen LogP contribution in [0.25, 0.3) is 0 Å². The highest BCUT2D eigenvalue weighted by molar-refractivity contribution is 5.95. The van der Waals surface area contributed by atoms with Crippen molar-refractivity contribution in [3.63, 3.8) is 0 Å². The number of pyridine rings is 1. The number of ether oxygens (including phenoxy) is 1. The van der Waals surface area contributed by atoms with Crippen molar-refractivity contribution in [1.29, 1.82) is 0 Å². The SMILES string of the molecule is O=C(c1cc(C(F)(F)F)cc(C(F)(F)F)c1)N1C2CCC1CC(Oc1ccncc1)C2. The zero-order valence-corrected chi connectivity index (χ0v) is 16.1. The second-order valence-corrected chi connectivity index (χ2v) is 7.79. The molecule has 31 heavy (non-hydrogen) atoms. The van der Waals surface area contributed by atoms with Gasteiger partial charge in [0.2, 0.25) is 0 Å². The number of hydrogen-bond donors (Lipinski definition) is 0. The second kappa shape index (κ2) is 7.72. The molecule has 1 amide bonds. The van der Waals surface area contributed by atoms with Crippen molar-refractivity contribution >= 4 is 5.91 Å². The van der Waals surface area contributed by atoms with Gasteiger partial charge in [0.05, 0.1) is 11.1 Å². The van der Waals surface area contributed by atoms with Gasteiger partial charge in [0, 0.05) is 42.9 Å². The van der Waals surface area contributed by atoms with Gasteiger partial charge < -0.3 is 9.64 Å². The molecule has 2 saturated heterocycles. The molecule has 4 rings (SSSR count). The van der Waals surface area contributed by atoms with Crippen LogP contribution in [0.5, 0.6) is 5.75 Å². The van der Waals surface area contributed by atoms with E-state index in [1.807, 2.05) is 0 Å². The molecule has 0 spiro atoms. The molecule has 1 aromatic heterocycles. The predicted molar refractivity (Wildman–Crippen MR) is 97.3 cm³/mol. The monoisotopic (exact) mass is 444 g/mol. The molecule has 4 nitrogen and oxygen atoms in total. The van der Waals surface area contributed by atoms with Gasteiger partial charge in [-0.3, -0.25) is 9.78 Å².